The van der Waals surface area contributed by atoms with Crippen molar-refractivity contribution in [2.45, 2.75) is 65.1 Å². The molecule has 2 aromatic carbocycles. The van der Waals surface area contributed by atoms with Crippen LogP contribution in [0.2, 0.25) is 0 Å². The molecule has 3 nitrogen and oxygen atoms in total. The summed E-state index contributed by atoms with van der Waals surface area (Å²) in [7, 11) is -0.556. The average molecular weight is 390 g/mol. The topological polar surface area (TPSA) is 35.5 Å². The molecule has 0 aliphatic carbocycles. The summed E-state index contributed by atoms with van der Waals surface area (Å²) < 4.78 is 12.3. The van der Waals surface area contributed by atoms with Crippen LogP contribution in [-0.2, 0) is 14.7 Å². The quantitative estimate of drug-likeness (QED) is 0.410. The van der Waals surface area contributed by atoms with Gasteiger partial charge >= 0.3 is 7.12 Å². The second-order valence-corrected chi connectivity index (χ2v) is 9.75. The second kappa shape index (κ2) is 7.58. The molecule has 29 heavy (non-hydrogen) atoms. The Balaban J connectivity index is 1.82. The summed E-state index contributed by atoms with van der Waals surface area (Å²) in [5.41, 5.74) is 2.86. The Morgan fingerprint density at radius 3 is 2.00 bits per heavy atom. The third kappa shape index (κ3) is 4.54. The van der Waals surface area contributed by atoms with Crippen LogP contribution in [0.1, 0.15) is 70.0 Å². The van der Waals surface area contributed by atoms with Crippen molar-refractivity contribution >= 4 is 24.4 Å². The van der Waals surface area contributed by atoms with Crippen molar-refractivity contribution < 1.29 is 14.1 Å². The highest BCUT2D eigenvalue weighted by Gasteiger charge is 2.52. The minimum atomic E-state index is -0.556. The Labute approximate surface area is 175 Å². The van der Waals surface area contributed by atoms with Crippen molar-refractivity contribution in [3.63, 3.8) is 0 Å². The molecule has 2 aromatic rings. The van der Waals surface area contributed by atoms with Gasteiger partial charge in [0, 0.05) is 5.56 Å². The van der Waals surface area contributed by atoms with Crippen LogP contribution < -0.4 is 5.46 Å². The van der Waals surface area contributed by atoms with E-state index in [1.54, 1.807) is 6.08 Å². The van der Waals surface area contributed by atoms with Crippen LogP contribution in [0.3, 0.4) is 0 Å². The molecule has 0 saturated carbocycles. The highest BCUT2D eigenvalue weighted by molar-refractivity contribution is 6.63. The maximum absolute atomic E-state index is 12.9. The van der Waals surface area contributed by atoms with Crippen LogP contribution in [0, 0.1) is 0 Å². The molecule has 1 saturated heterocycles. The largest absolute Gasteiger partial charge is 0.495 e. The van der Waals surface area contributed by atoms with Gasteiger partial charge in [0.1, 0.15) is 0 Å². The first-order valence-electron chi connectivity index (χ1n) is 10.2. The predicted octanol–water partition coefficient (Wildman–Crippen LogP) is 5.18. The van der Waals surface area contributed by atoms with Crippen molar-refractivity contribution in [1.82, 2.24) is 0 Å². The van der Waals surface area contributed by atoms with Crippen molar-refractivity contribution in [3.8, 4) is 0 Å². The first kappa shape index (κ1) is 21.5. The zero-order valence-electron chi connectivity index (χ0n) is 18.6. The number of hydrogen-bond acceptors (Lipinski definition) is 3. The van der Waals surface area contributed by atoms with Gasteiger partial charge in [-0.3, -0.25) is 4.79 Å². The Bertz CT molecular complexity index is 902. The lowest BCUT2D eigenvalue weighted by atomic mass is 9.75. The molecular weight excluding hydrogens is 359 g/mol. The maximum Gasteiger partial charge on any atom is 0.495 e. The van der Waals surface area contributed by atoms with E-state index >= 15 is 0 Å². The molecule has 0 atom stereocenters. The lowest BCUT2D eigenvalue weighted by Gasteiger charge is -2.32. The molecule has 0 amide bonds. The van der Waals surface area contributed by atoms with Crippen LogP contribution >= 0.6 is 0 Å². The van der Waals surface area contributed by atoms with E-state index in [0.29, 0.717) is 5.56 Å². The molecule has 0 unspecified atom stereocenters. The summed E-state index contributed by atoms with van der Waals surface area (Å²) in [5, 5.41) is 0. The summed E-state index contributed by atoms with van der Waals surface area (Å²) >= 11 is 0. The van der Waals surface area contributed by atoms with E-state index in [0.717, 1.165) is 11.0 Å². The maximum atomic E-state index is 12.9. The molecule has 1 fully saturated rings. The van der Waals surface area contributed by atoms with Crippen LogP contribution in [0.15, 0.2) is 54.6 Å². The zero-order chi connectivity index (χ0) is 21.4. The number of benzene rings is 2. The smallest absolute Gasteiger partial charge is 0.399 e. The van der Waals surface area contributed by atoms with Crippen molar-refractivity contribution in [3.05, 3.63) is 71.3 Å². The van der Waals surface area contributed by atoms with Gasteiger partial charge in [-0.2, -0.15) is 0 Å². The third-order valence-corrected chi connectivity index (χ3v) is 5.94. The van der Waals surface area contributed by atoms with E-state index < -0.39 is 18.3 Å². The summed E-state index contributed by atoms with van der Waals surface area (Å²) in [6, 6.07) is 15.8. The molecule has 0 aromatic heterocycles. The third-order valence-electron chi connectivity index (χ3n) is 5.94. The fourth-order valence-electron chi connectivity index (χ4n) is 3.25. The van der Waals surface area contributed by atoms with Gasteiger partial charge in [-0.05, 0) is 55.8 Å². The SMILES string of the molecule is CC(C)(C)c1ccc(/C=C/C(=O)c2ccccc2B2OC(C)(C)C(C)(C)O2)cc1. The summed E-state index contributed by atoms with van der Waals surface area (Å²) in [5.74, 6) is -0.0600. The number of carbonyl (C=O) groups excluding carboxylic acids is 1. The van der Waals surface area contributed by atoms with Gasteiger partial charge in [-0.1, -0.05) is 75.4 Å². The molecule has 0 spiro atoms. The summed E-state index contributed by atoms with van der Waals surface area (Å²) in [6.45, 7) is 14.6. The molecule has 1 aliphatic rings. The van der Waals surface area contributed by atoms with E-state index in [4.69, 9.17) is 9.31 Å². The average Bonchev–Trinajstić information content (AvgIpc) is 2.86. The highest BCUT2D eigenvalue weighted by Crippen LogP contribution is 2.36. The first-order chi connectivity index (χ1) is 13.4. The molecule has 0 N–H and O–H groups in total. The van der Waals surface area contributed by atoms with Crippen LogP contribution in [-0.4, -0.2) is 24.1 Å². The van der Waals surface area contributed by atoms with Crippen molar-refractivity contribution in [2.75, 3.05) is 0 Å². The summed E-state index contributed by atoms with van der Waals surface area (Å²) in [4.78, 5) is 12.9. The monoisotopic (exact) mass is 390 g/mol. The fourth-order valence-corrected chi connectivity index (χ4v) is 3.25. The molecule has 0 bridgehead atoms. The molecule has 1 aliphatic heterocycles. The van der Waals surface area contributed by atoms with Gasteiger partial charge in [0.15, 0.2) is 5.78 Å². The fraction of sp³-hybridized carbons (Fsp3) is 0.400. The minimum absolute atomic E-state index is 0.0600. The molecule has 4 heteroatoms. The minimum Gasteiger partial charge on any atom is -0.399 e. The Hall–Kier alpha value is -2.17. The van der Waals surface area contributed by atoms with Crippen LogP contribution in [0.25, 0.3) is 6.08 Å². The number of hydrogen-bond donors (Lipinski definition) is 0. The predicted molar refractivity (Wildman–Crippen MR) is 121 cm³/mol. The highest BCUT2D eigenvalue weighted by atomic mass is 16.7. The van der Waals surface area contributed by atoms with E-state index in [9.17, 15) is 4.79 Å². The van der Waals surface area contributed by atoms with Gasteiger partial charge in [-0.15, -0.1) is 0 Å². The number of carbonyl (C=O) groups is 1. The lowest BCUT2D eigenvalue weighted by Crippen LogP contribution is -2.41. The van der Waals surface area contributed by atoms with Gasteiger partial charge in [0.25, 0.3) is 0 Å². The van der Waals surface area contributed by atoms with Crippen molar-refractivity contribution in [2.24, 2.45) is 0 Å². The second-order valence-electron chi connectivity index (χ2n) is 9.75. The van der Waals surface area contributed by atoms with Gasteiger partial charge < -0.3 is 9.31 Å². The number of ketones is 1. The van der Waals surface area contributed by atoms with Crippen LogP contribution in [0.4, 0.5) is 0 Å². The van der Waals surface area contributed by atoms with Gasteiger partial charge in [0.05, 0.1) is 11.2 Å². The number of rotatable bonds is 4. The van der Waals surface area contributed by atoms with Gasteiger partial charge in [-0.25, -0.2) is 0 Å². The van der Waals surface area contributed by atoms with E-state index in [-0.39, 0.29) is 11.2 Å². The molecule has 1 heterocycles. The molecule has 152 valence electrons. The Kier molecular flexibility index (Phi) is 5.63. The lowest BCUT2D eigenvalue weighted by molar-refractivity contribution is 0.00578. The van der Waals surface area contributed by atoms with Gasteiger partial charge in [0.2, 0.25) is 0 Å². The summed E-state index contributed by atoms with van der Waals surface area (Å²) in [6.07, 6.45) is 3.48. The molecule has 3 rings (SSSR count). The Morgan fingerprint density at radius 2 is 1.45 bits per heavy atom. The van der Waals surface area contributed by atoms with E-state index in [1.165, 1.54) is 5.56 Å². The first-order valence-corrected chi connectivity index (χ1v) is 10.2. The normalized spacial score (nSPS) is 18.4. The standard InChI is InChI=1S/C25H31BO3/c1-23(2,3)19-15-12-18(13-16-19)14-17-22(27)20-10-8-9-11-21(20)26-28-24(4,5)25(6,7)29-26/h8-17H,1-7H3/b17-14+. The Morgan fingerprint density at radius 1 is 0.897 bits per heavy atom. The van der Waals surface area contributed by atoms with Crippen LogP contribution in [0.5, 0.6) is 0 Å². The zero-order valence-corrected chi connectivity index (χ0v) is 18.6. The van der Waals surface area contributed by atoms with E-state index in [1.807, 2.05) is 70.2 Å². The van der Waals surface area contributed by atoms with E-state index in [2.05, 4.69) is 32.9 Å². The molecular formula is C25H31BO3. The van der Waals surface area contributed by atoms with Crippen molar-refractivity contribution in [1.29, 1.82) is 0 Å². The molecule has 0 radical (unpaired) electrons. The number of allylic oxidation sites excluding steroid dienone is 1.